The smallest absolute Gasteiger partial charge is 0.255 e. The molecule has 0 spiro atoms. The zero-order chi connectivity index (χ0) is 27.7. The van der Waals surface area contributed by atoms with E-state index in [-0.39, 0.29) is 28.3 Å². The highest BCUT2D eigenvalue weighted by Gasteiger charge is 2.27. The molecule has 38 heavy (non-hydrogen) atoms. The Morgan fingerprint density at radius 2 is 1.21 bits per heavy atom. The van der Waals surface area contributed by atoms with Crippen molar-refractivity contribution >= 4 is 40.3 Å². The number of benzene rings is 3. The highest BCUT2D eigenvalue weighted by molar-refractivity contribution is 14.1. The van der Waals surface area contributed by atoms with E-state index in [0.717, 1.165) is 0 Å². The molecule has 3 aliphatic heterocycles. The number of hydrogen-bond donors (Lipinski definition) is 5. The van der Waals surface area contributed by atoms with Crippen molar-refractivity contribution in [1.82, 2.24) is 16.0 Å². The van der Waals surface area contributed by atoms with Crippen LogP contribution in [0.5, 0.6) is 17.2 Å². The van der Waals surface area contributed by atoms with Gasteiger partial charge in [-0.15, -0.1) is 0 Å². The number of carbonyl (C=O) groups is 3. The first-order valence-electron chi connectivity index (χ1n) is 10.9. The summed E-state index contributed by atoms with van der Waals surface area (Å²) in [5.41, 5.74) is 1.93. The molecule has 3 aromatic carbocycles. The molecule has 0 fully saturated rings. The molecule has 0 saturated heterocycles. The third kappa shape index (κ3) is 4.92. The minimum atomic E-state index is -0.831. The van der Waals surface area contributed by atoms with E-state index in [9.17, 15) is 32.7 Å². The predicted molar refractivity (Wildman–Crippen MR) is 135 cm³/mol. The van der Waals surface area contributed by atoms with E-state index in [1.807, 2.05) is 22.6 Å². The Labute approximate surface area is 227 Å². The molecule has 9 nitrogen and oxygen atoms in total. The first-order chi connectivity index (χ1) is 18.0. The normalized spacial score (nSPS) is 14.1. The number of phenols is 2. The summed E-state index contributed by atoms with van der Waals surface area (Å²) >= 11 is 1.82. The van der Waals surface area contributed by atoms with Gasteiger partial charge in [0, 0.05) is 19.6 Å². The van der Waals surface area contributed by atoms with Gasteiger partial charge in [-0.2, -0.15) is 0 Å². The van der Waals surface area contributed by atoms with Crippen molar-refractivity contribution in [2.45, 2.75) is 19.6 Å². The van der Waals surface area contributed by atoms with Crippen LogP contribution in [-0.2, 0) is 19.6 Å². The van der Waals surface area contributed by atoms with E-state index in [1.165, 1.54) is 25.3 Å². The number of fused-ring (bicyclic) bond motifs is 3. The monoisotopic (exact) mass is 641 g/mol. The van der Waals surface area contributed by atoms with Gasteiger partial charge in [-0.05, 0) is 57.5 Å². The minimum Gasteiger partial charge on any atom is -0.505 e. The molecule has 0 aromatic heterocycles. The largest absolute Gasteiger partial charge is 0.505 e. The fourth-order valence-corrected chi connectivity index (χ4v) is 4.59. The second-order valence-electron chi connectivity index (χ2n) is 8.15. The zero-order valence-electron chi connectivity index (χ0n) is 19.5. The predicted octanol–water partition coefficient (Wildman–Crippen LogP) is 3.23. The third-order valence-corrected chi connectivity index (χ3v) is 6.72. The van der Waals surface area contributed by atoms with Crippen molar-refractivity contribution in [2.75, 3.05) is 7.11 Å². The summed E-state index contributed by atoms with van der Waals surface area (Å²) in [5.74, 6) is -4.34. The summed E-state index contributed by atoms with van der Waals surface area (Å²) < 4.78 is 45.0. The van der Waals surface area contributed by atoms with Crippen LogP contribution in [0.1, 0.15) is 47.8 Å². The van der Waals surface area contributed by atoms with Gasteiger partial charge in [0.25, 0.3) is 17.7 Å². The molecule has 0 unspecified atom stereocenters. The van der Waals surface area contributed by atoms with Gasteiger partial charge in [0.2, 0.25) is 0 Å². The Morgan fingerprint density at radius 3 is 1.76 bits per heavy atom. The lowest BCUT2D eigenvalue weighted by Gasteiger charge is -2.03. The molecule has 198 valence electrons. The quantitative estimate of drug-likeness (QED) is 0.259. The standard InChI is InChI=1S/C9H8FNO2.C8H5FINO2.C8H6FNO2/c1-13-6-3-2-5-4-11-9(12)7(5)8(6)10;9-6-5-3(2-11-8(5)13)1-4(10)7(6)12;9-7-5(11)2-1-4-3-10-8(12)6(4)7/h2-3H,4H2,1H3,(H,11,12);1,12H,2H2,(H,11,13);1-2,11H,3H2,(H,10,12). The number of halogens is 4. The maximum atomic E-state index is 13.4. The molecule has 3 amide bonds. The fraction of sp³-hybridized carbons (Fsp3) is 0.160. The van der Waals surface area contributed by atoms with Gasteiger partial charge in [0.15, 0.2) is 34.7 Å². The van der Waals surface area contributed by atoms with Gasteiger partial charge in [-0.1, -0.05) is 12.1 Å². The number of ether oxygens (including phenoxy) is 1. The third-order valence-electron chi connectivity index (χ3n) is 5.90. The highest BCUT2D eigenvalue weighted by Crippen LogP contribution is 2.31. The topological polar surface area (TPSA) is 137 Å². The average molecular weight is 641 g/mol. The number of phenolic OH excluding ortho intramolecular Hbond substituents is 2. The van der Waals surface area contributed by atoms with Crippen LogP contribution in [0.2, 0.25) is 0 Å². The van der Waals surface area contributed by atoms with E-state index in [0.29, 0.717) is 39.9 Å². The molecule has 6 rings (SSSR count). The molecule has 5 N–H and O–H groups in total. The van der Waals surface area contributed by atoms with Crippen molar-refractivity contribution in [3.8, 4) is 17.2 Å². The van der Waals surface area contributed by atoms with Crippen molar-refractivity contribution in [2.24, 2.45) is 0 Å². The summed E-state index contributed by atoms with van der Waals surface area (Å²) in [4.78, 5) is 33.2. The number of rotatable bonds is 1. The van der Waals surface area contributed by atoms with E-state index < -0.39 is 40.8 Å². The van der Waals surface area contributed by atoms with E-state index >= 15 is 0 Å². The molecule has 3 aliphatic rings. The van der Waals surface area contributed by atoms with Crippen LogP contribution in [0.4, 0.5) is 13.2 Å². The SMILES string of the molecule is COc1ccc2c(c1F)C(=O)NC2.O=C1NCc2cc(I)c(O)c(F)c21.O=C1NCc2ccc(O)c(F)c21. The summed E-state index contributed by atoms with van der Waals surface area (Å²) in [5, 5.41) is 25.7. The van der Waals surface area contributed by atoms with Gasteiger partial charge in [-0.25, -0.2) is 13.2 Å². The molecule has 0 aliphatic carbocycles. The van der Waals surface area contributed by atoms with E-state index in [4.69, 9.17) is 9.84 Å². The first-order valence-corrected chi connectivity index (χ1v) is 12.0. The maximum Gasteiger partial charge on any atom is 0.255 e. The Hall–Kier alpha value is -4.01. The Bertz CT molecular complexity index is 1500. The van der Waals surface area contributed by atoms with Crippen LogP contribution in [0, 0.1) is 21.0 Å². The number of methoxy groups -OCH3 is 1. The van der Waals surface area contributed by atoms with Crippen LogP contribution in [0.3, 0.4) is 0 Å². The Morgan fingerprint density at radius 1 is 0.737 bits per heavy atom. The van der Waals surface area contributed by atoms with Gasteiger partial charge < -0.3 is 30.9 Å². The number of aromatic hydroxyl groups is 2. The van der Waals surface area contributed by atoms with Gasteiger partial charge >= 0.3 is 0 Å². The van der Waals surface area contributed by atoms with Crippen molar-refractivity contribution in [1.29, 1.82) is 0 Å². The molecule has 13 heteroatoms. The molecule has 3 heterocycles. The van der Waals surface area contributed by atoms with E-state index in [1.54, 1.807) is 12.1 Å². The van der Waals surface area contributed by atoms with E-state index in [2.05, 4.69) is 16.0 Å². The second-order valence-corrected chi connectivity index (χ2v) is 9.31. The molecule has 0 atom stereocenters. The molecular weight excluding hydrogens is 622 g/mol. The van der Waals surface area contributed by atoms with Gasteiger partial charge in [0.1, 0.15) is 0 Å². The van der Waals surface area contributed by atoms with Crippen molar-refractivity contribution < 1.29 is 42.5 Å². The van der Waals surface area contributed by atoms with Crippen LogP contribution < -0.4 is 20.7 Å². The summed E-state index contributed by atoms with van der Waals surface area (Å²) in [6.07, 6.45) is 0. The molecule has 0 saturated carbocycles. The lowest BCUT2D eigenvalue weighted by atomic mass is 10.1. The van der Waals surface area contributed by atoms with Crippen LogP contribution in [0.25, 0.3) is 0 Å². The molecule has 0 bridgehead atoms. The maximum absolute atomic E-state index is 13.4. The average Bonchev–Trinajstić information content (AvgIpc) is 3.58. The lowest BCUT2D eigenvalue weighted by Crippen LogP contribution is -2.13. The van der Waals surface area contributed by atoms with Gasteiger partial charge in [-0.3, -0.25) is 14.4 Å². The zero-order valence-corrected chi connectivity index (χ0v) is 21.7. The molecule has 3 aromatic rings. The minimum absolute atomic E-state index is 0.0297. The lowest BCUT2D eigenvalue weighted by molar-refractivity contribution is 0.0953. The van der Waals surface area contributed by atoms with Crippen LogP contribution in [0.15, 0.2) is 30.3 Å². The molecular formula is C25H19F3IN3O6. The number of hydrogen-bond acceptors (Lipinski definition) is 6. The fourth-order valence-electron chi connectivity index (χ4n) is 3.98. The van der Waals surface area contributed by atoms with Crippen molar-refractivity contribution in [3.63, 3.8) is 0 Å². The first kappa shape index (κ1) is 27.0. The van der Waals surface area contributed by atoms with Gasteiger partial charge in [0.05, 0.1) is 27.4 Å². The molecule has 0 radical (unpaired) electrons. The highest BCUT2D eigenvalue weighted by atomic mass is 127. The summed E-state index contributed by atoms with van der Waals surface area (Å²) in [6.45, 7) is 1.07. The Balaban J connectivity index is 0.000000133. The summed E-state index contributed by atoms with van der Waals surface area (Å²) in [7, 11) is 1.37. The second kappa shape index (κ2) is 10.8. The number of nitrogens with one attached hydrogen (secondary N) is 3. The van der Waals surface area contributed by atoms with Crippen molar-refractivity contribution in [3.05, 3.63) is 84.7 Å². The van der Waals surface area contributed by atoms with Crippen LogP contribution >= 0.6 is 22.6 Å². The number of amides is 3. The summed E-state index contributed by atoms with van der Waals surface area (Å²) in [6, 6.07) is 7.59. The Kier molecular flexibility index (Phi) is 7.66. The number of carbonyl (C=O) groups excluding carboxylic acids is 3. The van der Waals surface area contributed by atoms with Crippen LogP contribution in [-0.4, -0.2) is 35.0 Å².